The van der Waals surface area contributed by atoms with Crippen LogP contribution < -0.4 is 11.1 Å². The molecule has 0 spiro atoms. The minimum absolute atomic E-state index is 0. The number of carbonyl (C=O) groups is 1. The van der Waals surface area contributed by atoms with E-state index in [2.05, 4.69) is 5.32 Å². The highest BCUT2D eigenvalue weighted by molar-refractivity contribution is 5.95. The van der Waals surface area contributed by atoms with E-state index < -0.39 is 10.5 Å². The van der Waals surface area contributed by atoms with Gasteiger partial charge >= 0.3 is 0 Å². The number of nitro groups is 1. The van der Waals surface area contributed by atoms with Crippen LogP contribution in [0.25, 0.3) is 0 Å². The van der Waals surface area contributed by atoms with Crippen molar-refractivity contribution in [3.8, 4) is 0 Å². The van der Waals surface area contributed by atoms with Crippen LogP contribution >= 0.6 is 12.4 Å². The first kappa shape index (κ1) is 17.4. The first-order chi connectivity index (χ1) is 9.37. The van der Waals surface area contributed by atoms with Gasteiger partial charge in [-0.2, -0.15) is 0 Å². The molecule has 1 unspecified atom stereocenters. The summed E-state index contributed by atoms with van der Waals surface area (Å²) >= 11 is 0. The van der Waals surface area contributed by atoms with Crippen molar-refractivity contribution in [3.63, 3.8) is 0 Å². The lowest BCUT2D eigenvalue weighted by Gasteiger charge is -2.29. The molecule has 1 aromatic carbocycles. The van der Waals surface area contributed by atoms with Gasteiger partial charge in [-0.05, 0) is 44.7 Å². The Morgan fingerprint density at radius 1 is 1.52 bits per heavy atom. The summed E-state index contributed by atoms with van der Waals surface area (Å²) in [6, 6.07) is 4.38. The van der Waals surface area contributed by atoms with Crippen molar-refractivity contribution in [2.24, 2.45) is 11.7 Å². The lowest BCUT2D eigenvalue weighted by Crippen LogP contribution is -2.53. The zero-order valence-corrected chi connectivity index (χ0v) is 12.9. The van der Waals surface area contributed by atoms with Crippen LogP contribution in [0.5, 0.6) is 0 Å². The Morgan fingerprint density at radius 3 is 2.57 bits per heavy atom. The predicted molar refractivity (Wildman–Crippen MR) is 82.7 cm³/mol. The molecule has 1 aliphatic rings. The van der Waals surface area contributed by atoms with E-state index in [9.17, 15) is 14.9 Å². The van der Waals surface area contributed by atoms with E-state index in [4.69, 9.17) is 5.73 Å². The van der Waals surface area contributed by atoms with Gasteiger partial charge in [0.1, 0.15) is 0 Å². The minimum Gasteiger partial charge on any atom is -0.345 e. The molecule has 0 saturated heterocycles. The van der Waals surface area contributed by atoms with Crippen LogP contribution in [0.15, 0.2) is 18.2 Å². The third kappa shape index (κ3) is 3.71. The standard InChI is InChI=1S/C14H19N3O3.ClH/c1-9-7-10(3-6-12(9)17(19)20)13(18)16-14(2,8-15)11-4-5-11;/h3,6-7,11H,4-5,8,15H2,1-2H3,(H,16,18);1H. The molecule has 0 heterocycles. The van der Waals surface area contributed by atoms with Gasteiger partial charge in [0.15, 0.2) is 0 Å². The molecule has 0 aromatic heterocycles. The lowest BCUT2D eigenvalue weighted by atomic mass is 9.95. The summed E-state index contributed by atoms with van der Waals surface area (Å²) in [4.78, 5) is 22.6. The van der Waals surface area contributed by atoms with Crippen molar-refractivity contribution in [1.29, 1.82) is 0 Å². The molecule has 0 bridgehead atoms. The van der Waals surface area contributed by atoms with Gasteiger partial charge in [0.25, 0.3) is 11.6 Å². The number of amides is 1. The van der Waals surface area contributed by atoms with Crippen LogP contribution in [-0.4, -0.2) is 22.9 Å². The van der Waals surface area contributed by atoms with E-state index in [1.54, 1.807) is 6.92 Å². The summed E-state index contributed by atoms with van der Waals surface area (Å²) < 4.78 is 0. The molecule has 7 heteroatoms. The topological polar surface area (TPSA) is 98.3 Å². The highest BCUT2D eigenvalue weighted by Crippen LogP contribution is 2.39. The first-order valence-corrected chi connectivity index (χ1v) is 6.65. The zero-order valence-electron chi connectivity index (χ0n) is 12.1. The molecule has 1 aromatic rings. The smallest absolute Gasteiger partial charge is 0.272 e. The van der Waals surface area contributed by atoms with E-state index in [1.165, 1.54) is 18.2 Å². The molecule has 21 heavy (non-hydrogen) atoms. The van der Waals surface area contributed by atoms with Crippen molar-refractivity contribution in [1.82, 2.24) is 5.32 Å². The van der Waals surface area contributed by atoms with Gasteiger partial charge in [0, 0.05) is 23.7 Å². The minimum atomic E-state index is -0.453. The molecule has 6 nitrogen and oxygen atoms in total. The third-order valence-electron chi connectivity index (χ3n) is 3.96. The zero-order chi connectivity index (χ0) is 14.9. The van der Waals surface area contributed by atoms with Crippen molar-refractivity contribution in [3.05, 3.63) is 39.4 Å². The number of rotatable bonds is 5. The maximum atomic E-state index is 12.2. The van der Waals surface area contributed by atoms with Gasteiger partial charge in [0.05, 0.1) is 10.5 Å². The number of nitrogens with one attached hydrogen (secondary N) is 1. The molecular formula is C14H20ClN3O3. The van der Waals surface area contributed by atoms with Gasteiger partial charge in [-0.1, -0.05) is 0 Å². The number of carbonyl (C=O) groups excluding carboxylic acids is 1. The summed E-state index contributed by atoms with van der Waals surface area (Å²) in [7, 11) is 0. The normalized spacial score (nSPS) is 16.5. The van der Waals surface area contributed by atoms with Crippen molar-refractivity contribution < 1.29 is 9.72 Å². The second kappa shape index (κ2) is 6.41. The second-order valence-corrected chi connectivity index (χ2v) is 5.61. The molecule has 2 rings (SSSR count). The number of nitrogens with two attached hydrogens (primary N) is 1. The van der Waals surface area contributed by atoms with Gasteiger partial charge < -0.3 is 11.1 Å². The van der Waals surface area contributed by atoms with Crippen molar-refractivity contribution in [2.75, 3.05) is 6.54 Å². The molecule has 1 atom stereocenters. The van der Waals surface area contributed by atoms with Crippen LogP contribution in [0.3, 0.4) is 0 Å². The maximum Gasteiger partial charge on any atom is 0.272 e. The number of aryl methyl sites for hydroxylation is 1. The molecule has 3 N–H and O–H groups in total. The fourth-order valence-corrected chi connectivity index (χ4v) is 2.37. The molecule has 1 saturated carbocycles. The van der Waals surface area contributed by atoms with Crippen LogP contribution in [0.2, 0.25) is 0 Å². The highest BCUT2D eigenvalue weighted by Gasteiger charge is 2.41. The Kier molecular flexibility index (Phi) is 5.31. The number of nitrogens with zero attached hydrogens (tertiary/aromatic N) is 1. The second-order valence-electron chi connectivity index (χ2n) is 5.61. The van der Waals surface area contributed by atoms with Gasteiger partial charge in [0.2, 0.25) is 0 Å². The highest BCUT2D eigenvalue weighted by atomic mass is 35.5. The third-order valence-corrected chi connectivity index (χ3v) is 3.96. The van der Waals surface area contributed by atoms with E-state index in [0.29, 0.717) is 23.6 Å². The largest absolute Gasteiger partial charge is 0.345 e. The molecular weight excluding hydrogens is 294 g/mol. The molecule has 116 valence electrons. The molecule has 0 aliphatic heterocycles. The summed E-state index contributed by atoms with van der Waals surface area (Å²) in [5.41, 5.74) is 6.29. The molecule has 1 fully saturated rings. The Hall–Kier alpha value is -1.66. The van der Waals surface area contributed by atoms with Crippen LogP contribution in [0, 0.1) is 23.0 Å². The number of benzene rings is 1. The maximum absolute atomic E-state index is 12.2. The van der Waals surface area contributed by atoms with Crippen LogP contribution in [-0.2, 0) is 0 Å². The van der Waals surface area contributed by atoms with E-state index in [-0.39, 0.29) is 24.0 Å². The number of hydrogen-bond donors (Lipinski definition) is 2. The van der Waals surface area contributed by atoms with E-state index in [0.717, 1.165) is 12.8 Å². The Labute approximate surface area is 129 Å². The van der Waals surface area contributed by atoms with Crippen molar-refractivity contribution in [2.45, 2.75) is 32.2 Å². The van der Waals surface area contributed by atoms with E-state index >= 15 is 0 Å². The Morgan fingerprint density at radius 2 is 2.14 bits per heavy atom. The summed E-state index contributed by atoms with van der Waals surface area (Å²) in [5, 5.41) is 13.7. The predicted octanol–water partition coefficient (Wildman–Crippen LogP) is 2.18. The fourth-order valence-electron chi connectivity index (χ4n) is 2.37. The lowest BCUT2D eigenvalue weighted by molar-refractivity contribution is -0.385. The van der Waals surface area contributed by atoms with Gasteiger partial charge in [-0.3, -0.25) is 14.9 Å². The van der Waals surface area contributed by atoms with Crippen molar-refractivity contribution >= 4 is 24.0 Å². The SMILES string of the molecule is Cc1cc(C(=O)NC(C)(CN)C2CC2)ccc1[N+](=O)[O-].Cl. The molecule has 0 radical (unpaired) electrons. The average molecular weight is 314 g/mol. The summed E-state index contributed by atoms with van der Waals surface area (Å²) in [5.74, 6) is 0.193. The summed E-state index contributed by atoms with van der Waals surface area (Å²) in [6.45, 7) is 3.95. The van der Waals surface area contributed by atoms with E-state index in [1.807, 2.05) is 6.92 Å². The van der Waals surface area contributed by atoms with Crippen LogP contribution in [0.1, 0.15) is 35.7 Å². The number of halogens is 1. The fraction of sp³-hybridized carbons (Fsp3) is 0.500. The molecule has 1 aliphatic carbocycles. The summed E-state index contributed by atoms with van der Waals surface area (Å²) in [6.07, 6.45) is 2.15. The monoisotopic (exact) mass is 313 g/mol. The number of nitro benzene ring substituents is 1. The Bertz CT molecular complexity index is 560. The van der Waals surface area contributed by atoms with Gasteiger partial charge in [-0.15, -0.1) is 12.4 Å². The average Bonchev–Trinajstić information content (AvgIpc) is 3.22. The molecule has 1 amide bonds. The quantitative estimate of drug-likeness (QED) is 0.643. The van der Waals surface area contributed by atoms with Crippen LogP contribution in [0.4, 0.5) is 5.69 Å². The first-order valence-electron chi connectivity index (χ1n) is 6.65. The van der Waals surface area contributed by atoms with Gasteiger partial charge in [-0.25, -0.2) is 0 Å². The number of hydrogen-bond acceptors (Lipinski definition) is 4. The Balaban J connectivity index is 0.00000220.